The molecule has 0 saturated heterocycles. The van der Waals surface area contributed by atoms with Gasteiger partial charge >= 0.3 is 0 Å². The van der Waals surface area contributed by atoms with Crippen LogP contribution in [0.2, 0.25) is 0 Å². The second-order valence-electron chi connectivity index (χ2n) is 7.57. The lowest BCUT2D eigenvalue weighted by Crippen LogP contribution is -2.28. The number of halogens is 1. The molecule has 0 aliphatic rings. The van der Waals surface area contributed by atoms with E-state index in [1.165, 1.54) is 23.9 Å². The van der Waals surface area contributed by atoms with Crippen molar-refractivity contribution in [2.75, 3.05) is 5.75 Å². The molecule has 9 heteroatoms. The van der Waals surface area contributed by atoms with E-state index in [1.807, 2.05) is 29.5 Å². The van der Waals surface area contributed by atoms with Crippen molar-refractivity contribution in [1.29, 1.82) is 0 Å². The van der Waals surface area contributed by atoms with Crippen LogP contribution in [-0.2, 0) is 11.3 Å². The molecule has 0 aliphatic heterocycles. The van der Waals surface area contributed by atoms with Crippen LogP contribution in [0.25, 0.3) is 16.7 Å². The van der Waals surface area contributed by atoms with Crippen LogP contribution < -0.4 is 10.9 Å². The van der Waals surface area contributed by atoms with Crippen molar-refractivity contribution < 1.29 is 9.18 Å². The van der Waals surface area contributed by atoms with Gasteiger partial charge in [-0.05, 0) is 43.2 Å². The van der Waals surface area contributed by atoms with Crippen LogP contribution in [0.4, 0.5) is 4.39 Å². The fourth-order valence-corrected chi connectivity index (χ4v) is 4.34. The molecular weight excluding hydrogens is 429 g/mol. The quantitative estimate of drug-likeness (QED) is 0.409. The molecule has 0 fully saturated rings. The van der Waals surface area contributed by atoms with Crippen LogP contribution in [0.5, 0.6) is 0 Å². The van der Waals surface area contributed by atoms with Gasteiger partial charge in [0.05, 0.1) is 22.7 Å². The molecule has 166 valence electrons. The maximum Gasteiger partial charge on any atom is 0.262 e. The molecule has 7 nitrogen and oxygen atoms in total. The molecule has 4 aromatic rings. The average molecular weight is 454 g/mol. The minimum atomic E-state index is -0.314. The Balaban J connectivity index is 1.58. The third-order valence-electron chi connectivity index (χ3n) is 5.29. The molecule has 2 aromatic carbocycles. The van der Waals surface area contributed by atoms with Gasteiger partial charge < -0.3 is 5.32 Å². The fraction of sp³-hybridized carbons (Fsp3) is 0.304. The highest BCUT2D eigenvalue weighted by Gasteiger charge is 2.18. The minimum Gasteiger partial charge on any atom is -0.349 e. The Morgan fingerprint density at radius 3 is 2.66 bits per heavy atom. The number of para-hydroxylation sites is 1. The van der Waals surface area contributed by atoms with E-state index < -0.39 is 0 Å². The van der Waals surface area contributed by atoms with Crippen molar-refractivity contribution in [3.63, 3.8) is 0 Å². The zero-order valence-electron chi connectivity index (χ0n) is 17.9. The molecule has 0 saturated carbocycles. The van der Waals surface area contributed by atoms with E-state index in [-0.39, 0.29) is 29.1 Å². The van der Waals surface area contributed by atoms with E-state index in [2.05, 4.69) is 22.4 Å². The molecule has 32 heavy (non-hydrogen) atoms. The molecule has 1 unspecified atom stereocenters. The van der Waals surface area contributed by atoms with Gasteiger partial charge in [-0.3, -0.25) is 18.6 Å². The summed E-state index contributed by atoms with van der Waals surface area (Å²) in [6.45, 7) is 4.48. The van der Waals surface area contributed by atoms with Crippen molar-refractivity contribution in [1.82, 2.24) is 24.5 Å². The number of carbonyl (C=O) groups excluding carboxylic acids is 1. The number of aryl methyl sites for hydroxylation is 1. The van der Waals surface area contributed by atoms with Gasteiger partial charge in [0.25, 0.3) is 5.56 Å². The monoisotopic (exact) mass is 453 g/mol. The normalized spacial score (nSPS) is 12.3. The largest absolute Gasteiger partial charge is 0.349 e. The van der Waals surface area contributed by atoms with E-state index in [4.69, 9.17) is 0 Å². The van der Waals surface area contributed by atoms with Crippen LogP contribution in [0.1, 0.15) is 38.3 Å². The molecule has 0 aliphatic carbocycles. The Kier molecular flexibility index (Phi) is 6.55. The maximum absolute atomic E-state index is 13.1. The summed E-state index contributed by atoms with van der Waals surface area (Å²) in [7, 11) is 0. The standard InChI is InChI=1S/C23H24FN5O2S/c1-3-4-13-28-21(31)18-7-5-6-8-19(18)29-22(28)26-27-23(29)32-14-20(30)25-15(2)16-9-11-17(24)12-10-16/h5-12,15H,3-4,13-14H2,1-2H3,(H,25,30). The molecule has 0 bridgehead atoms. The van der Waals surface area contributed by atoms with Crippen LogP contribution >= 0.6 is 11.8 Å². The highest BCUT2D eigenvalue weighted by Crippen LogP contribution is 2.22. The number of hydrogen-bond acceptors (Lipinski definition) is 5. The van der Waals surface area contributed by atoms with Gasteiger partial charge in [0.15, 0.2) is 5.16 Å². The molecule has 4 rings (SSSR count). The maximum atomic E-state index is 13.1. The highest BCUT2D eigenvalue weighted by atomic mass is 32.2. The van der Waals surface area contributed by atoms with E-state index in [0.717, 1.165) is 18.4 Å². The smallest absolute Gasteiger partial charge is 0.262 e. The van der Waals surface area contributed by atoms with Crippen molar-refractivity contribution in [3.8, 4) is 0 Å². The number of nitrogens with one attached hydrogen (secondary N) is 1. The molecule has 1 N–H and O–H groups in total. The summed E-state index contributed by atoms with van der Waals surface area (Å²) in [5.41, 5.74) is 1.45. The Morgan fingerprint density at radius 1 is 1.16 bits per heavy atom. The molecular formula is C23H24FN5O2S. The highest BCUT2D eigenvalue weighted by molar-refractivity contribution is 7.99. The summed E-state index contributed by atoms with van der Waals surface area (Å²) in [5.74, 6) is 0.123. The summed E-state index contributed by atoms with van der Waals surface area (Å²) >= 11 is 1.26. The lowest BCUT2D eigenvalue weighted by Gasteiger charge is -2.14. The number of rotatable bonds is 8. The average Bonchev–Trinajstić information content (AvgIpc) is 3.22. The van der Waals surface area contributed by atoms with Gasteiger partial charge in [0.1, 0.15) is 5.82 Å². The molecule has 1 amide bonds. The third kappa shape index (κ3) is 4.38. The zero-order valence-corrected chi connectivity index (χ0v) is 18.7. The Morgan fingerprint density at radius 2 is 1.91 bits per heavy atom. The molecule has 2 heterocycles. The lowest BCUT2D eigenvalue weighted by molar-refractivity contribution is -0.119. The Labute approximate surface area is 188 Å². The summed E-state index contributed by atoms with van der Waals surface area (Å²) < 4.78 is 16.6. The molecule has 0 spiro atoms. The number of aromatic nitrogens is 4. The van der Waals surface area contributed by atoms with E-state index >= 15 is 0 Å². The van der Waals surface area contributed by atoms with Crippen LogP contribution in [0, 0.1) is 5.82 Å². The first kappa shape index (κ1) is 22.0. The summed E-state index contributed by atoms with van der Waals surface area (Å²) in [6.07, 6.45) is 1.81. The number of nitrogens with zero attached hydrogens (tertiary/aromatic N) is 4. The van der Waals surface area contributed by atoms with Crippen molar-refractivity contribution in [3.05, 3.63) is 70.3 Å². The number of amides is 1. The van der Waals surface area contributed by atoms with Gasteiger partial charge in [-0.15, -0.1) is 10.2 Å². The zero-order chi connectivity index (χ0) is 22.7. The van der Waals surface area contributed by atoms with E-state index in [1.54, 1.807) is 22.8 Å². The number of fused-ring (bicyclic) bond motifs is 3. The first-order valence-electron chi connectivity index (χ1n) is 10.5. The van der Waals surface area contributed by atoms with Crippen molar-refractivity contribution in [2.45, 2.75) is 44.4 Å². The Hall–Kier alpha value is -3.20. The topological polar surface area (TPSA) is 81.3 Å². The Bertz CT molecular complexity index is 1320. The number of thioether (sulfide) groups is 1. The van der Waals surface area contributed by atoms with Gasteiger partial charge in [0.2, 0.25) is 11.7 Å². The van der Waals surface area contributed by atoms with Gasteiger partial charge in [0, 0.05) is 6.54 Å². The van der Waals surface area contributed by atoms with Crippen molar-refractivity contribution in [2.24, 2.45) is 0 Å². The molecule has 2 aromatic heterocycles. The van der Waals surface area contributed by atoms with Crippen LogP contribution in [0.3, 0.4) is 0 Å². The second kappa shape index (κ2) is 9.52. The SMILES string of the molecule is CCCCn1c(=O)c2ccccc2n2c(SCC(=O)NC(C)c3ccc(F)cc3)nnc12. The number of hydrogen-bond donors (Lipinski definition) is 1. The lowest BCUT2D eigenvalue weighted by atomic mass is 10.1. The molecule has 1 atom stereocenters. The minimum absolute atomic E-state index is 0.0867. The van der Waals surface area contributed by atoms with Gasteiger partial charge in [-0.25, -0.2) is 4.39 Å². The predicted molar refractivity (Wildman–Crippen MR) is 123 cm³/mol. The van der Waals surface area contributed by atoms with Gasteiger partial charge in [-0.1, -0.05) is 49.4 Å². The van der Waals surface area contributed by atoms with Crippen LogP contribution in [0.15, 0.2) is 58.5 Å². The third-order valence-corrected chi connectivity index (χ3v) is 6.22. The number of carbonyl (C=O) groups is 1. The van der Waals surface area contributed by atoms with Crippen LogP contribution in [-0.4, -0.2) is 30.8 Å². The van der Waals surface area contributed by atoms with Gasteiger partial charge in [-0.2, -0.15) is 0 Å². The van der Waals surface area contributed by atoms with E-state index in [0.29, 0.717) is 28.4 Å². The summed E-state index contributed by atoms with van der Waals surface area (Å²) in [6, 6.07) is 13.2. The van der Waals surface area contributed by atoms with Crippen molar-refractivity contribution >= 4 is 34.3 Å². The molecule has 0 radical (unpaired) electrons. The number of benzene rings is 2. The summed E-state index contributed by atoms with van der Waals surface area (Å²) in [5, 5.41) is 12.6. The number of unbranched alkanes of at least 4 members (excludes halogenated alkanes) is 1. The predicted octanol–water partition coefficient (Wildman–Crippen LogP) is 3.95. The fourth-order valence-electron chi connectivity index (χ4n) is 3.59. The second-order valence-corrected chi connectivity index (χ2v) is 8.52. The first-order chi connectivity index (χ1) is 15.5. The van der Waals surface area contributed by atoms with E-state index in [9.17, 15) is 14.0 Å². The summed E-state index contributed by atoms with van der Waals surface area (Å²) in [4.78, 5) is 25.5. The first-order valence-corrected chi connectivity index (χ1v) is 11.5.